The molecule has 8 heteroatoms. The molecule has 1 saturated heterocycles. The molecule has 0 aromatic rings. The van der Waals surface area contributed by atoms with E-state index in [1.54, 1.807) is 13.8 Å². The van der Waals surface area contributed by atoms with Crippen molar-refractivity contribution in [1.82, 2.24) is 9.03 Å². The van der Waals surface area contributed by atoms with Crippen molar-refractivity contribution in [3.8, 4) is 0 Å². The number of carboxylic acids is 1. The molecule has 0 spiro atoms. The van der Waals surface area contributed by atoms with Gasteiger partial charge in [0, 0.05) is 13.1 Å². The van der Waals surface area contributed by atoms with Crippen LogP contribution in [0.3, 0.4) is 0 Å². The lowest BCUT2D eigenvalue weighted by Gasteiger charge is -2.34. The zero-order valence-corrected chi connectivity index (χ0v) is 13.0. The van der Waals surface area contributed by atoms with Gasteiger partial charge >= 0.3 is 5.97 Å². The third-order valence-electron chi connectivity index (χ3n) is 3.16. The van der Waals surface area contributed by atoms with Crippen LogP contribution in [0.1, 0.15) is 40.0 Å². The van der Waals surface area contributed by atoms with Gasteiger partial charge < -0.3 is 9.84 Å². The van der Waals surface area contributed by atoms with E-state index in [1.807, 2.05) is 6.92 Å². The number of hydrogen-bond donors (Lipinski definition) is 2. The molecule has 1 aliphatic rings. The normalized spacial score (nSPS) is 26.4. The number of hydrogen-bond acceptors (Lipinski definition) is 4. The van der Waals surface area contributed by atoms with Crippen molar-refractivity contribution >= 4 is 16.2 Å². The van der Waals surface area contributed by atoms with Gasteiger partial charge in [0.2, 0.25) is 0 Å². The summed E-state index contributed by atoms with van der Waals surface area (Å²) >= 11 is 0. The van der Waals surface area contributed by atoms with Crippen molar-refractivity contribution in [1.29, 1.82) is 0 Å². The Balaban J connectivity index is 2.73. The third-order valence-corrected chi connectivity index (χ3v) is 4.72. The fraction of sp³-hybridized carbons (Fsp3) is 0.917. The van der Waals surface area contributed by atoms with Gasteiger partial charge in [-0.05, 0) is 20.3 Å². The molecule has 0 amide bonds. The van der Waals surface area contributed by atoms with Gasteiger partial charge in [-0.2, -0.15) is 17.4 Å². The molecule has 0 aromatic heterocycles. The van der Waals surface area contributed by atoms with Gasteiger partial charge in [0.05, 0.1) is 12.2 Å². The summed E-state index contributed by atoms with van der Waals surface area (Å²) in [6.45, 7) is 5.99. The number of morpholine rings is 1. The van der Waals surface area contributed by atoms with E-state index in [-0.39, 0.29) is 25.3 Å². The van der Waals surface area contributed by atoms with Crippen molar-refractivity contribution in [2.24, 2.45) is 0 Å². The van der Waals surface area contributed by atoms with E-state index in [2.05, 4.69) is 4.72 Å². The molecule has 1 heterocycles. The maximum Gasteiger partial charge on any atom is 0.321 e. The van der Waals surface area contributed by atoms with Crippen LogP contribution >= 0.6 is 0 Å². The Morgan fingerprint density at radius 2 is 1.95 bits per heavy atom. The Morgan fingerprint density at radius 3 is 2.40 bits per heavy atom. The Labute approximate surface area is 120 Å². The fourth-order valence-electron chi connectivity index (χ4n) is 2.22. The SMILES string of the molecule is CCCCC(NS(=O)(=O)N1CC(C)OC(C)C1)C(=O)O. The number of nitrogens with zero attached hydrogens (tertiary/aromatic N) is 1. The first-order chi connectivity index (χ1) is 9.26. The predicted molar refractivity (Wildman–Crippen MR) is 74.6 cm³/mol. The zero-order valence-electron chi connectivity index (χ0n) is 12.2. The maximum absolute atomic E-state index is 12.3. The highest BCUT2D eigenvalue weighted by atomic mass is 32.2. The van der Waals surface area contributed by atoms with E-state index in [0.29, 0.717) is 12.8 Å². The van der Waals surface area contributed by atoms with Gasteiger partial charge in [-0.15, -0.1) is 0 Å². The largest absolute Gasteiger partial charge is 0.480 e. The Bertz CT molecular complexity index is 416. The van der Waals surface area contributed by atoms with Gasteiger partial charge in [0.25, 0.3) is 10.2 Å². The molecule has 0 bridgehead atoms. The molecular formula is C12H24N2O5S. The minimum absolute atomic E-state index is 0.200. The van der Waals surface area contributed by atoms with Crippen molar-refractivity contribution in [3.05, 3.63) is 0 Å². The number of rotatable bonds is 7. The molecule has 0 radical (unpaired) electrons. The Morgan fingerprint density at radius 1 is 1.40 bits per heavy atom. The molecule has 1 rings (SSSR count). The summed E-state index contributed by atoms with van der Waals surface area (Å²) in [6, 6.07) is -1.08. The maximum atomic E-state index is 12.3. The van der Waals surface area contributed by atoms with Crippen molar-refractivity contribution in [2.75, 3.05) is 13.1 Å². The first-order valence-corrected chi connectivity index (χ1v) is 8.36. The molecule has 0 aromatic carbocycles. The van der Waals surface area contributed by atoms with Crippen LogP contribution in [0.15, 0.2) is 0 Å². The summed E-state index contributed by atoms with van der Waals surface area (Å²) in [6.07, 6.45) is 1.37. The van der Waals surface area contributed by atoms with Gasteiger partial charge in [0.15, 0.2) is 0 Å². The lowest BCUT2D eigenvalue weighted by Crippen LogP contribution is -2.54. The summed E-state index contributed by atoms with van der Waals surface area (Å²) < 4.78 is 33.5. The van der Waals surface area contributed by atoms with E-state index < -0.39 is 22.2 Å². The summed E-state index contributed by atoms with van der Waals surface area (Å²) in [5.41, 5.74) is 0. The van der Waals surface area contributed by atoms with E-state index >= 15 is 0 Å². The highest BCUT2D eigenvalue weighted by Crippen LogP contribution is 2.14. The Kier molecular flexibility index (Phi) is 6.38. The molecule has 3 atom stereocenters. The molecule has 7 nitrogen and oxygen atoms in total. The molecule has 0 aliphatic carbocycles. The average Bonchev–Trinajstić information content (AvgIpc) is 2.32. The second kappa shape index (κ2) is 7.35. The topological polar surface area (TPSA) is 95.9 Å². The monoisotopic (exact) mass is 308 g/mol. The van der Waals surface area contributed by atoms with E-state index in [9.17, 15) is 13.2 Å². The quantitative estimate of drug-likeness (QED) is 0.717. The fourth-order valence-corrected chi connectivity index (χ4v) is 3.76. The molecule has 0 saturated carbocycles. The highest BCUT2D eigenvalue weighted by Gasteiger charge is 2.33. The third kappa shape index (κ3) is 5.01. The van der Waals surface area contributed by atoms with Crippen LogP contribution in [-0.4, -0.2) is 55.1 Å². The molecule has 1 fully saturated rings. The summed E-state index contributed by atoms with van der Waals surface area (Å²) in [5.74, 6) is -1.14. The van der Waals surface area contributed by atoms with Crippen LogP contribution in [0.25, 0.3) is 0 Å². The van der Waals surface area contributed by atoms with Crippen molar-refractivity contribution in [2.45, 2.75) is 58.3 Å². The first kappa shape index (κ1) is 17.4. The van der Waals surface area contributed by atoms with Crippen LogP contribution in [0, 0.1) is 0 Å². The van der Waals surface area contributed by atoms with E-state index in [0.717, 1.165) is 6.42 Å². The number of carboxylic acid groups (broad SMARTS) is 1. The van der Waals surface area contributed by atoms with Crippen LogP contribution in [0.2, 0.25) is 0 Å². The molecule has 2 N–H and O–H groups in total. The number of nitrogens with one attached hydrogen (secondary N) is 1. The number of aliphatic carboxylic acids is 1. The minimum atomic E-state index is -3.80. The standard InChI is InChI=1S/C12H24N2O5S/c1-4-5-6-11(12(15)16)13-20(17,18)14-7-9(2)19-10(3)8-14/h9-11,13H,4-8H2,1-3H3,(H,15,16). The van der Waals surface area contributed by atoms with Crippen LogP contribution in [0.5, 0.6) is 0 Å². The second-order valence-electron chi connectivity index (χ2n) is 5.23. The smallest absolute Gasteiger partial charge is 0.321 e. The van der Waals surface area contributed by atoms with Gasteiger partial charge in [-0.3, -0.25) is 4.79 Å². The van der Waals surface area contributed by atoms with E-state index in [4.69, 9.17) is 9.84 Å². The predicted octanol–water partition coefficient (Wildman–Crippen LogP) is 0.573. The number of carbonyl (C=O) groups is 1. The molecular weight excluding hydrogens is 284 g/mol. The van der Waals surface area contributed by atoms with E-state index in [1.165, 1.54) is 4.31 Å². The summed E-state index contributed by atoms with van der Waals surface area (Å²) in [4.78, 5) is 11.1. The summed E-state index contributed by atoms with van der Waals surface area (Å²) in [7, 11) is -3.80. The second-order valence-corrected chi connectivity index (χ2v) is 6.93. The molecule has 3 unspecified atom stereocenters. The average molecular weight is 308 g/mol. The zero-order chi connectivity index (χ0) is 15.3. The minimum Gasteiger partial charge on any atom is -0.480 e. The lowest BCUT2D eigenvalue weighted by molar-refractivity contribution is -0.139. The lowest BCUT2D eigenvalue weighted by atomic mass is 10.1. The van der Waals surface area contributed by atoms with Crippen LogP contribution in [0.4, 0.5) is 0 Å². The summed E-state index contributed by atoms with van der Waals surface area (Å²) in [5, 5.41) is 9.10. The Hall–Kier alpha value is -0.700. The molecule has 20 heavy (non-hydrogen) atoms. The van der Waals surface area contributed by atoms with Crippen molar-refractivity contribution < 1.29 is 23.1 Å². The number of unbranched alkanes of at least 4 members (excludes halogenated alkanes) is 1. The van der Waals surface area contributed by atoms with Gasteiger partial charge in [-0.25, -0.2) is 0 Å². The van der Waals surface area contributed by atoms with Crippen molar-refractivity contribution in [3.63, 3.8) is 0 Å². The van der Waals surface area contributed by atoms with Gasteiger partial charge in [0.1, 0.15) is 6.04 Å². The first-order valence-electron chi connectivity index (χ1n) is 6.92. The number of ether oxygens (including phenoxy) is 1. The van der Waals surface area contributed by atoms with Gasteiger partial charge in [-0.1, -0.05) is 19.8 Å². The molecule has 1 aliphatic heterocycles. The van der Waals surface area contributed by atoms with Crippen LogP contribution in [-0.2, 0) is 19.7 Å². The van der Waals surface area contributed by atoms with Crippen LogP contribution < -0.4 is 4.72 Å². The highest BCUT2D eigenvalue weighted by molar-refractivity contribution is 7.87. The molecule has 118 valence electrons.